The summed E-state index contributed by atoms with van der Waals surface area (Å²) in [5, 5.41) is 11.6. The first kappa shape index (κ1) is 19.4. The number of nitriles is 1. The number of hydrogen-bond donors (Lipinski definition) is 1. The molecule has 0 aliphatic rings. The Hall–Kier alpha value is -2.92. The normalized spacial score (nSPS) is 11.2. The van der Waals surface area contributed by atoms with Gasteiger partial charge in [0.25, 0.3) is 5.91 Å². The Labute approximate surface area is 149 Å². The number of hydrogen-bond acceptors (Lipinski definition) is 2. The van der Waals surface area contributed by atoms with Crippen molar-refractivity contribution in [2.75, 3.05) is 5.32 Å². The highest BCUT2D eigenvalue weighted by atomic mass is 35.5. The molecule has 26 heavy (non-hydrogen) atoms. The molecule has 0 bridgehead atoms. The summed E-state index contributed by atoms with van der Waals surface area (Å²) < 4.78 is 66.8. The van der Waals surface area contributed by atoms with Crippen LogP contribution in [-0.2, 0) is 4.79 Å². The van der Waals surface area contributed by atoms with Crippen molar-refractivity contribution in [3.8, 4) is 6.07 Å². The fourth-order valence-electron chi connectivity index (χ4n) is 1.97. The molecule has 0 unspecified atom stereocenters. The summed E-state index contributed by atoms with van der Waals surface area (Å²) in [4.78, 5) is 12.1. The number of rotatable bonds is 3. The number of anilines is 1. The molecule has 0 saturated heterocycles. The minimum atomic E-state index is -2.34. The van der Waals surface area contributed by atoms with Crippen LogP contribution >= 0.6 is 11.6 Å². The zero-order valence-electron chi connectivity index (χ0n) is 12.9. The lowest BCUT2D eigenvalue weighted by Crippen LogP contribution is -2.15. The van der Waals surface area contributed by atoms with Gasteiger partial charge in [-0.3, -0.25) is 4.79 Å². The van der Waals surface area contributed by atoms with Gasteiger partial charge in [-0.1, -0.05) is 17.7 Å². The molecule has 2 rings (SSSR count). The second kappa shape index (κ2) is 7.54. The van der Waals surface area contributed by atoms with Gasteiger partial charge in [0.15, 0.2) is 23.3 Å². The molecule has 134 valence electrons. The number of amides is 1. The molecule has 1 amide bonds. The Morgan fingerprint density at radius 3 is 2.15 bits per heavy atom. The molecule has 0 fully saturated rings. The number of carbonyl (C=O) groups is 1. The van der Waals surface area contributed by atoms with Crippen LogP contribution in [0.1, 0.15) is 11.1 Å². The SMILES string of the molecule is Cc1c(Cl)cccc1NC(=O)/C(C#N)=C/c1c(F)c(F)c(F)c(F)c1F. The second-order valence-electron chi connectivity index (χ2n) is 5.02. The average molecular weight is 387 g/mol. The molecule has 0 radical (unpaired) electrons. The van der Waals surface area contributed by atoms with Crippen molar-refractivity contribution in [3.05, 3.63) is 69.0 Å². The van der Waals surface area contributed by atoms with Gasteiger partial charge in [-0.15, -0.1) is 0 Å². The lowest BCUT2D eigenvalue weighted by atomic mass is 10.1. The lowest BCUT2D eigenvalue weighted by Gasteiger charge is -2.09. The van der Waals surface area contributed by atoms with Gasteiger partial charge in [0.05, 0.1) is 5.56 Å². The Balaban J connectivity index is 2.48. The second-order valence-corrected chi connectivity index (χ2v) is 5.43. The molecule has 0 aromatic heterocycles. The van der Waals surface area contributed by atoms with Gasteiger partial charge >= 0.3 is 0 Å². The molecule has 9 heteroatoms. The minimum absolute atomic E-state index is 0.209. The van der Waals surface area contributed by atoms with Crippen LogP contribution in [0.4, 0.5) is 27.6 Å². The summed E-state index contributed by atoms with van der Waals surface area (Å²) in [7, 11) is 0. The molecular formula is C17H8ClF5N2O. The van der Waals surface area contributed by atoms with Gasteiger partial charge in [0.1, 0.15) is 11.6 Å². The van der Waals surface area contributed by atoms with E-state index in [1.165, 1.54) is 18.2 Å². The Morgan fingerprint density at radius 2 is 1.62 bits per heavy atom. The topological polar surface area (TPSA) is 52.9 Å². The number of nitrogens with one attached hydrogen (secondary N) is 1. The van der Waals surface area contributed by atoms with E-state index in [2.05, 4.69) is 5.32 Å². The van der Waals surface area contributed by atoms with E-state index in [9.17, 15) is 26.7 Å². The number of benzene rings is 2. The third-order valence-corrected chi connectivity index (χ3v) is 3.82. The van der Waals surface area contributed by atoms with Gasteiger partial charge in [-0.05, 0) is 30.7 Å². The molecule has 2 aromatic rings. The van der Waals surface area contributed by atoms with E-state index in [1.54, 1.807) is 13.0 Å². The van der Waals surface area contributed by atoms with Gasteiger partial charge in [-0.25, -0.2) is 22.0 Å². The van der Waals surface area contributed by atoms with E-state index < -0.39 is 46.1 Å². The van der Waals surface area contributed by atoms with Crippen molar-refractivity contribution in [1.29, 1.82) is 5.26 Å². The zero-order chi connectivity index (χ0) is 19.6. The van der Waals surface area contributed by atoms with Crippen molar-refractivity contribution >= 4 is 29.3 Å². The first-order valence-corrected chi connectivity index (χ1v) is 7.26. The average Bonchev–Trinajstić information content (AvgIpc) is 2.62. The van der Waals surface area contributed by atoms with Gasteiger partial charge in [-0.2, -0.15) is 5.26 Å². The minimum Gasteiger partial charge on any atom is -0.321 e. The molecule has 0 aliphatic carbocycles. The van der Waals surface area contributed by atoms with Crippen molar-refractivity contribution in [2.45, 2.75) is 6.92 Å². The molecule has 0 aliphatic heterocycles. The fraction of sp³-hybridized carbons (Fsp3) is 0.0588. The van der Waals surface area contributed by atoms with Crippen molar-refractivity contribution in [3.63, 3.8) is 0 Å². The van der Waals surface area contributed by atoms with Crippen molar-refractivity contribution < 1.29 is 26.7 Å². The van der Waals surface area contributed by atoms with E-state index in [4.69, 9.17) is 16.9 Å². The van der Waals surface area contributed by atoms with Gasteiger partial charge < -0.3 is 5.32 Å². The van der Waals surface area contributed by atoms with E-state index >= 15 is 0 Å². The summed E-state index contributed by atoms with van der Waals surface area (Å²) in [5.41, 5.74) is -1.60. The summed E-state index contributed by atoms with van der Waals surface area (Å²) in [6.45, 7) is 1.57. The third kappa shape index (κ3) is 3.53. The van der Waals surface area contributed by atoms with E-state index in [1.807, 2.05) is 0 Å². The molecule has 3 nitrogen and oxygen atoms in total. The number of halogens is 6. The Bertz CT molecular complexity index is 953. The lowest BCUT2D eigenvalue weighted by molar-refractivity contribution is -0.112. The zero-order valence-corrected chi connectivity index (χ0v) is 13.7. The molecule has 1 N–H and O–H groups in total. The maximum atomic E-state index is 13.7. The first-order chi connectivity index (χ1) is 12.2. The molecule has 0 saturated carbocycles. The van der Waals surface area contributed by atoms with Crippen LogP contribution in [0.25, 0.3) is 6.08 Å². The van der Waals surface area contributed by atoms with Crippen molar-refractivity contribution in [1.82, 2.24) is 0 Å². The number of carbonyl (C=O) groups excluding carboxylic acids is 1. The number of nitrogens with zero attached hydrogens (tertiary/aromatic N) is 1. The monoisotopic (exact) mass is 386 g/mol. The fourth-order valence-corrected chi connectivity index (χ4v) is 2.15. The Kier molecular flexibility index (Phi) is 5.63. The van der Waals surface area contributed by atoms with Crippen LogP contribution in [0.2, 0.25) is 5.02 Å². The predicted molar refractivity (Wildman–Crippen MR) is 84.6 cm³/mol. The molecule has 0 spiro atoms. The van der Waals surface area contributed by atoms with Crippen molar-refractivity contribution in [2.24, 2.45) is 0 Å². The molecule has 0 heterocycles. The van der Waals surface area contributed by atoms with Gasteiger partial charge in [0.2, 0.25) is 5.82 Å². The summed E-state index contributed by atoms with van der Waals surface area (Å²) in [5.74, 6) is -12.1. The molecular weight excluding hydrogens is 379 g/mol. The highest BCUT2D eigenvalue weighted by molar-refractivity contribution is 6.31. The first-order valence-electron chi connectivity index (χ1n) is 6.88. The maximum Gasteiger partial charge on any atom is 0.266 e. The molecule has 0 atom stereocenters. The summed E-state index contributed by atoms with van der Waals surface area (Å²) >= 11 is 5.88. The van der Waals surface area contributed by atoms with E-state index in [0.29, 0.717) is 10.6 Å². The van der Waals surface area contributed by atoms with Crippen LogP contribution in [0.15, 0.2) is 23.8 Å². The standard InChI is InChI=1S/C17H8ClF5N2O/c1-7-10(18)3-2-4-11(7)25-17(26)8(6-24)5-9-12(19)14(21)16(23)15(22)13(9)20/h2-5H,1H3,(H,25,26)/b8-5+. The predicted octanol–water partition coefficient (Wildman–Crippen LogP) is 4.89. The van der Waals surface area contributed by atoms with Crippen LogP contribution < -0.4 is 5.32 Å². The quantitative estimate of drug-likeness (QED) is 0.268. The summed E-state index contributed by atoms with van der Waals surface area (Å²) in [6, 6.07) is 5.86. The molecule has 2 aromatic carbocycles. The van der Waals surface area contributed by atoms with Crippen LogP contribution in [0.3, 0.4) is 0 Å². The van der Waals surface area contributed by atoms with Gasteiger partial charge in [0, 0.05) is 10.7 Å². The summed E-state index contributed by atoms with van der Waals surface area (Å²) in [6.07, 6.45) is 0.283. The van der Waals surface area contributed by atoms with E-state index in [-0.39, 0.29) is 11.8 Å². The van der Waals surface area contributed by atoms with E-state index in [0.717, 1.165) is 0 Å². The maximum absolute atomic E-state index is 13.7. The third-order valence-electron chi connectivity index (χ3n) is 3.41. The van der Waals surface area contributed by atoms with Crippen LogP contribution in [-0.4, -0.2) is 5.91 Å². The highest BCUT2D eigenvalue weighted by Crippen LogP contribution is 2.26. The van der Waals surface area contributed by atoms with Crippen LogP contribution in [0, 0.1) is 47.3 Å². The highest BCUT2D eigenvalue weighted by Gasteiger charge is 2.25. The largest absolute Gasteiger partial charge is 0.321 e. The van der Waals surface area contributed by atoms with Crippen LogP contribution in [0.5, 0.6) is 0 Å². The smallest absolute Gasteiger partial charge is 0.266 e. The Morgan fingerprint density at radius 1 is 1.08 bits per heavy atom.